The van der Waals surface area contributed by atoms with E-state index in [4.69, 9.17) is 11.6 Å². The summed E-state index contributed by atoms with van der Waals surface area (Å²) in [5.74, 6) is -0.620. The Morgan fingerprint density at radius 1 is 1.47 bits per heavy atom. The van der Waals surface area contributed by atoms with Gasteiger partial charge in [0, 0.05) is 5.92 Å². The third kappa shape index (κ3) is 2.44. The summed E-state index contributed by atoms with van der Waals surface area (Å²) in [4.78, 5) is 10.5. The Balaban J connectivity index is 2.66. The number of nitrogens with zero attached hydrogens (tertiary/aromatic N) is 3. The Bertz CT molecular complexity index is 640. The molecule has 0 atom stereocenters. The molecular weight excluding hydrogens is 273 g/mol. The van der Waals surface area contributed by atoms with Crippen LogP contribution in [0.25, 0.3) is 5.69 Å². The van der Waals surface area contributed by atoms with Crippen LogP contribution in [0.4, 0.5) is 10.1 Å². The molecule has 5 nitrogen and oxygen atoms in total. The third-order valence-corrected chi connectivity index (χ3v) is 2.95. The first-order valence-corrected chi connectivity index (χ1v) is 5.98. The van der Waals surface area contributed by atoms with Crippen molar-refractivity contribution >= 4 is 17.3 Å². The first kappa shape index (κ1) is 13.5. The molecule has 1 heterocycles. The lowest BCUT2D eigenvalue weighted by molar-refractivity contribution is -0.385. The number of rotatable bonds is 3. The molecule has 0 N–H and O–H groups in total. The van der Waals surface area contributed by atoms with Gasteiger partial charge in [0.05, 0.1) is 10.6 Å². The first-order valence-electron chi connectivity index (χ1n) is 5.60. The summed E-state index contributed by atoms with van der Waals surface area (Å²) in [6.45, 7) is 3.56. The molecule has 2 aromatic rings. The quantitative estimate of drug-likeness (QED) is 0.637. The van der Waals surface area contributed by atoms with Crippen molar-refractivity contribution in [3.63, 3.8) is 0 Å². The van der Waals surface area contributed by atoms with Crippen LogP contribution in [0.5, 0.6) is 0 Å². The summed E-state index contributed by atoms with van der Waals surface area (Å²) in [5.41, 5.74) is 0.389. The molecule has 0 radical (unpaired) electrons. The number of aromatic nitrogens is 2. The lowest BCUT2D eigenvalue weighted by Crippen LogP contribution is -1.98. The van der Waals surface area contributed by atoms with Crippen LogP contribution in [-0.2, 0) is 0 Å². The van der Waals surface area contributed by atoms with Gasteiger partial charge < -0.3 is 0 Å². The summed E-state index contributed by atoms with van der Waals surface area (Å²) in [6, 6.07) is 5.56. The molecule has 0 amide bonds. The zero-order valence-electron chi connectivity index (χ0n) is 10.3. The second-order valence-electron chi connectivity index (χ2n) is 4.33. The number of benzene rings is 1. The molecule has 2 rings (SSSR count). The molecule has 0 bridgehead atoms. The van der Waals surface area contributed by atoms with Crippen molar-refractivity contribution in [1.82, 2.24) is 9.78 Å². The molecule has 19 heavy (non-hydrogen) atoms. The highest BCUT2D eigenvalue weighted by molar-refractivity contribution is 6.32. The summed E-state index contributed by atoms with van der Waals surface area (Å²) >= 11 is 5.99. The molecule has 0 saturated carbocycles. The van der Waals surface area contributed by atoms with Crippen LogP contribution in [0.1, 0.15) is 25.5 Å². The van der Waals surface area contributed by atoms with Crippen molar-refractivity contribution in [1.29, 1.82) is 0 Å². The van der Waals surface area contributed by atoms with Crippen molar-refractivity contribution in [3.05, 3.63) is 51.0 Å². The molecule has 0 unspecified atom stereocenters. The molecule has 7 heteroatoms. The SMILES string of the molecule is CC(C)c1nn(-c2cccc(F)c2)c(Cl)c1[N+](=O)[O-]. The molecule has 0 saturated heterocycles. The summed E-state index contributed by atoms with van der Waals surface area (Å²) in [6.07, 6.45) is 0. The molecule has 0 aliphatic carbocycles. The topological polar surface area (TPSA) is 61.0 Å². The number of nitro groups is 1. The largest absolute Gasteiger partial charge is 0.329 e. The fraction of sp³-hybridized carbons (Fsp3) is 0.250. The smallest absolute Gasteiger partial charge is 0.258 e. The highest BCUT2D eigenvalue weighted by Gasteiger charge is 2.28. The van der Waals surface area contributed by atoms with Gasteiger partial charge in [0.15, 0.2) is 0 Å². The molecule has 0 aliphatic heterocycles. The predicted molar refractivity (Wildman–Crippen MR) is 69.3 cm³/mol. The Morgan fingerprint density at radius 3 is 2.63 bits per heavy atom. The van der Waals surface area contributed by atoms with Crippen LogP contribution >= 0.6 is 11.6 Å². The van der Waals surface area contributed by atoms with Crippen LogP contribution < -0.4 is 0 Å². The second-order valence-corrected chi connectivity index (χ2v) is 4.69. The molecule has 0 aliphatic rings. The minimum absolute atomic E-state index is 0.126. The predicted octanol–water partition coefficient (Wildman–Crippen LogP) is 3.70. The Hall–Kier alpha value is -1.95. The number of halogens is 2. The van der Waals surface area contributed by atoms with Crippen molar-refractivity contribution in [2.45, 2.75) is 19.8 Å². The van der Waals surface area contributed by atoms with Crippen molar-refractivity contribution in [2.75, 3.05) is 0 Å². The van der Waals surface area contributed by atoms with E-state index in [1.54, 1.807) is 19.9 Å². The van der Waals surface area contributed by atoms with Gasteiger partial charge in [-0.15, -0.1) is 0 Å². The lowest BCUT2D eigenvalue weighted by atomic mass is 10.1. The standard InChI is InChI=1S/C12H11ClFN3O2/c1-7(2)10-11(17(18)19)12(13)16(15-10)9-5-3-4-8(14)6-9/h3-7H,1-2H3. The maximum absolute atomic E-state index is 13.2. The molecule has 1 aromatic carbocycles. The molecule has 0 fully saturated rings. The van der Waals surface area contributed by atoms with E-state index in [-0.39, 0.29) is 22.5 Å². The molecule has 1 aromatic heterocycles. The van der Waals surface area contributed by atoms with Crippen molar-refractivity contribution in [2.24, 2.45) is 0 Å². The minimum atomic E-state index is -0.569. The van der Waals surface area contributed by atoms with E-state index in [2.05, 4.69) is 5.10 Å². The third-order valence-electron chi connectivity index (χ3n) is 2.61. The van der Waals surface area contributed by atoms with Gasteiger partial charge >= 0.3 is 5.69 Å². The molecule has 0 spiro atoms. The fourth-order valence-corrected chi connectivity index (χ4v) is 2.04. The normalized spacial score (nSPS) is 11.0. The molecule has 100 valence electrons. The van der Waals surface area contributed by atoms with Crippen molar-refractivity contribution in [3.8, 4) is 5.69 Å². The van der Waals surface area contributed by atoms with E-state index in [0.717, 1.165) is 0 Å². The number of hydrogen-bond acceptors (Lipinski definition) is 3. The van der Waals surface area contributed by atoms with Gasteiger partial charge in [-0.3, -0.25) is 10.1 Å². The zero-order valence-corrected chi connectivity index (χ0v) is 11.1. The van der Waals surface area contributed by atoms with E-state index in [0.29, 0.717) is 5.69 Å². The molecular formula is C12H11ClFN3O2. The van der Waals surface area contributed by atoms with Gasteiger partial charge in [0.25, 0.3) is 0 Å². The van der Waals surface area contributed by atoms with Crippen LogP contribution in [0, 0.1) is 15.9 Å². The van der Waals surface area contributed by atoms with Crippen LogP contribution in [0.15, 0.2) is 24.3 Å². The van der Waals surface area contributed by atoms with Crippen LogP contribution in [-0.4, -0.2) is 14.7 Å². The maximum atomic E-state index is 13.2. The zero-order chi connectivity index (χ0) is 14.2. The van der Waals surface area contributed by atoms with E-state index in [9.17, 15) is 14.5 Å². The highest BCUT2D eigenvalue weighted by atomic mass is 35.5. The van der Waals surface area contributed by atoms with Crippen molar-refractivity contribution < 1.29 is 9.31 Å². The lowest BCUT2D eigenvalue weighted by Gasteiger charge is -2.02. The van der Waals surface area contributed by atoms with E-state index in [1.807, 2.05) is 0 Å². The first-order chi connectivity index (χ1) is 8.91. The van der Waals surface area contributed by atoms with E-state index < -0.39 is 10.7 Å². The van der Waals surface area contributed by atoms with Gasteiger partial charge in [-0.05, 0) is 18.2 Å². The average Bonchev–Trinajstić information content (AvgIpc) is 2.67. The Kier molecular flexibility index (Phi) is 3.53. The Labute approximate surface area is 113 Å². The van der Waals surface area contributed by atoms with E-state index in [1.165, 1.54) is 22.9 Å². The summed E-state index contributed by atoms with van der Waals surface area (Å²) in [7, 11) is 0. The van der Waals surface area contributed by atoms with E-state index >= 15 is 0 Å². The van der Waals surface area contributed by atoms with Gasteiger partial charge in [-0.25, -0.2) is 9.07 Å². The Morgan fingerprint density at radius 2 is 2.16 bits per heavy atom. The minimum Gasteiger partial charge on any atom is -0.258 e. The summed E-state index contributed by atoms with van der Waals surface area (Å²) < 4.78 is 14.4. The van der Waals surface area contributed by atoms with Crippen LogP contribution in [0.2, 0.25) is 5.15 Å². The van der Waals surface area contributed by atoms with Gasteiger partial charge in [0.2, 0.25) is 5.15 Å². The average molecular weight is 284 g/mol. The van der Waals surface area contributed by atoms with Crippen LogP contribution in [0.3, 0.4) is 0 Å². The van der Waals surface area contributed by atoms with Gasteiger partial charge in [-0.1, -0.05) is 31.5 Å². The highest BCUT2D eigenvalue weighted by Crippen LogP contribution is 2.34. The summed E-state index contributed by atoms with van der Waals surface area (Å²) in [5, 5.41) is 15.0. The van der Waals surface area contributed by atoms with Gasteiger partial charge in [-0.2, -0.15) is 5.10 Å². The maximum Gasteiger partial charge on any atom is 0.329 e. The number of hydrogen-bond donors (Lipinski definition) is 0. The monoisotopic (exact) mass is 283 g/mol. The second kappa shape index (κ2) is 4.97. The van der Waals surface area contributed by atoms with Gasteiger partial charge in [0.1, 0.15) is 11.5 Å². The fourth-order valence-electron chi connectivity index (χ4n) is 1.74.